The molecule has 13 aromatic carbocycles. The Labute approximate surface area is 388 Å². The largest absolute Gasteiger partial charge is 0.0737 e. The van der Waals surface area contributed by atoms with Crippen molar-refractivity contribution in [2.45, 2.75) is 5.41 Å². The van der Waals surface area contributed by atoms with Crippen molar-refractivity contribution >= 4 is 64.6 Å². The average Bonchev–Trinajstić information content (AvgIpc) is 3.88. The molecule has 0 bridgehead atoms. The lowest BCUT2D eigenvalue weighted by Crippen LogP contribution is -2.26. The Kier molecular flexibility index (Phi) is 7.52. The van der Waals surface area contributed by atoms with E-state index >= 15 is 0 Å². The molecule has 0 radical (unpaired) electrons. The minimum absolute atomic E-state index is 0.523. The molecule has 67 heavy (non-hydrogen) atoms. The lowest BCUT2D eigenvalue weighted by molar-refractivity contribution is 0.809. The van der Waals surface area contributed by atoms with Crippen molar-refractivity contribution < 1.29 is 0 Å². The fourth-order valence-corrected chi connectivity index (χ4v) is 12.9. The van der Waals surface area contributed by atoms with Crippen LogP contribution in [0, 0.1) is 0 Å². The van der Waals surface area contributed by atoms with E-state index < -0.39 is 5.41 Å². The number of rotatable bonds is 3. The van der Waals surface area contributed by atoms with Gasteiger partial charge in [-0.1, -0.05) is 231 Å². The quantitative estimate of drug-likeness (QED) is 0.123. The molecule has 0 saturated carbocycles. The predicted molar refractivity (Wildman–Crippen MR) is 284 cm³/mol. The van der Waals surface area contributed by atoms with Crippen molar-refractivity contribution in [2.75, 3.05) is 0 Å². The van der Waals surface area contributed by atoms with Gasteiger partial charge in [-0.15, -0.1) is 0 Å². The maximum atomic E-state index is 2.56. The average molecular weight is 845 g/mol. The zero-order valence-corrected chi connectivity index (χ0v) is 36.6. The first kappa shape index (κ1) is 36.7. The Bertz CT molecular complexity index is 4170. The van der Waals surface area contributed by atoms with Gasteiger partial charge in [0.2, 0.25) is 0 Å². The summed E-state index contributed by atoms with van der Waals surface area (Å²) in [4.78, 5) is 0. The highest BCUT2D eigenvalue weighted by Crippen LogP contribution is 2.67. The third-order valence-corrected chi connectivity index (χ3v) is 15.4. The maximum Gasteiger partial charge on any atom is 0.0737 e. The van der Waals surface area contributed by atoms with Gasteiger partial charge in [0.15, 0.2) is 0 Å². The van der Waals surface area contributed by atoms with E-state index in [0.717, 1.165) is 0 Å². The number of hydrogen-bond acceptors (Lipinski definition) is 0. The van der Waals surface area contributed by atoms with Crippen LogP contribution in [0.5, 0.6) is 0 Å². The molecule has 0 N–H and O–H groups in total. The van der Waals surface area contributed by atoms with Crippen molar-refractivity contribution in [1.29, 1.82) is 0 Å². The van der Waals surface area contributed by atoms with E-state index in [0.29, 0.717) is 0 Å². The predicted octanol–water partition coefficient (Wildman–Crippen LogP) is 18.0. The summed E-state index contributed by atoms with van der Waals surface area (Å²) in [5.41, 5.74) is 17.8. The van der Waals surface area contributed by atoms with Gasteiger partial charge in [-0.3, -0.25) is 0 Å². The number of hydrogen-bond donors (Lipinski definition) is 0. The van der Waals surface area contributed by atoms with E-state index in [1.54, 1.807) is 0 Å². The SMILES string of the molecule is c1cc(-c2cc3c(c4ccccc24)C2(c4ccccc4-c4ccccc42)c2c-3c3ccccc3c3ccccc23)cc(-c2c3ccccc3c(-c3cccc4ccccc34)c3ccccc23)c1. The zero-order chi connectivity index (χ0) is 43.8. The van der Waals surface area contributed by atoms with Crippen molar-refractivity contribution in [2.24, 2.45) is 0 Å². The zero-order valence-electron chi connectivity index (χ0n) is 36.6. The standard InChI is InChI=1S/C67H40/c1-2-23-44-41(19-1)20-18-36-50(44)63-54-32-9-7-30-52(54)62(53-31-8-10-33-55(53)63)43-22-17-21-42(39-43)58-40-59-64-51-29-6-3-24-45(51)46-25-4-12-35-57(46)66(64)67(65(59)56-34-11-5-26-47(56)58)60-37-15-13-27-48(60)49-28-14-16-38-61(49)67/h1-40H. The van der Waals surface area contributed by atoms with Gasteiger partial charge in [0, 0.05) is 0 Å². The molecule has 13 aromatic rings. The van der Waals surface area contributed by atoms with Crippen LogP contribution in [0.4, 0.5) is 0 Å². The van der Waals surface area contributed by atoms with E-state index in [9.17, 15) is 0 Å². The fourth-order valence-electron chi connectivity index (χ4n) is 12.9. The molecule has 2 aliphatic rings. The normalized spacial score (nSPS) is 13.2. The van der Waals surface area contributed by atoms with Crippen LogP contribution in [0.2, 0.25) is 0 Å². The Morgan fingerprint density at radius 2 is 0.627 bits per heavy atom. The highest BCUT2D eigenvalue weighted by atomic mass is 14.5. The number of benzene rings is 13. The summed E-state index contributed by atoms with van der Waals surface area (Å²) in [6, 6.07) is 91.5. The van der Waals surface area contributed by atoms with Gasteiger partial charge in [0.1, 0.15) is 0 Å². The van der Waals surface area contributed by atoms with Crippen LogP contribution >= 0.6 is 0 Å². The minimum Gasteiger partial charge on any atom is -0.0619 e. The highest BCUT2D eigenvalue weighted by Gasteiger charge is 2.54. The Morgan fingerprint density at radius 1 is 0.209 bits per heavy atom. The molecule has 0 aliphatic heterocycles. The van der Waals surface area contributed by atoms with E-state index in [1.165, 1.54) is 143 Å². The summed E-state index contributed by atoms with van der Waals surface area (Å²) in [6.45, 7) is 0. The van der Waals surface area contributed by atoms with E-state index in [2.05, 4.69) is 243 Å². The summed E-state index contributed by atoms with van der Waals surface area (Å²) in [6.07, 6.45) is 0. The second-order valence-electron chi connectivity index (χ2n) is 18.5. The van der Waals surface area contributed by atoms with Gasteiger partial charge in [-0.25, -0.2) is 0 Å². The van der Waals surface area contributed by atoms with Crippen LogP contribution < -0.4 is 0 Å². The number of fused-ring (bicyclic) bond motifs is 20. The van der Waals surface area contributed by atoms with Crippen molar-refractivity contribution in [3.05, 3.63) is 265 Å². The van der Waals surface area contributed by atoms with Crippen LogP contribution in [0.25, 0.3) is 120 Å². The molecule has 0 amide bonds. The summed E-state index contributed by atoms with van der Waals surface area (Å²) in [5, 5.41) is 15.3. The molecule has 1 spiro atoms. The Hall–Kier alpha value is -8.58. The maximum absolute atomic E-state index is 2.56. The van der Waals surface area contributed by atoms with Crippen LogP contribution in [-0.4, -0.2) is 0 Å². The van der Waals surface area contributed by atoms with Crippen LogP contribution in [0.1, 0.15) is 22.3 Å². The molecule has 0 saturated heterocycles. The summed E-state index contributed by atoms with van der Waals surface area (Å²) in [7, 11) is 0. The third-order valence-electron chi connectivity index (χ3n) is 15.4. The fraction of sp³-hybridized carbons (Fsp3) is 0.0149. The van der Waals surface area contributed by atoms with Gasteiger partial charge in [0.05, 0.1) is 5.41 Å². The molecule has 0 heteroatoms. The first-order chi connectivity index (χ1) is 33.3. The second kappa shape index (κ2) is 13.7. The molecule has 0 unspecified atom stereocenters. The van der Waals surface area contributed by atoms with Crippen molar-refractivity contribution in [3.8, 4) is 55.6 Å². The van der Waals surface area contributed by atoms with Gasteiger partial charge in [-0.05, 0) is 155 Å². The minimum atomic E-state index is -0.523. The topological polar surface area (TPSA) is 0 Å². The van der Waals surface area contributed by atoms with Gasteiger partial charge in [-0.2, -0.15) is 0 Å². The summed E-state index contributed by atoms with van der Waals surface area (Å²) in [5.74, 6) is 0. The van der Waals surface area contributed by atoms with Crippen molar-refractivity contribution in [1.82, 2.24) is 0 Å². The van der Waals surface area contributed by atoms with E-state index in [-0.39, 0.29) is 0 Å². The molecule has 0 fully saturated rings. The Balaban J connectivity index is 1.05. The Morgan fingerprint density at radius 3 is 1.27 bits per heavy atom. The van der Waals surface area contributed by atoms with Crippen LogP contribution in [-0.2, 0) is 5.41 Å². The summed E-state index contributed by atoms with van der Waals surface area (Å²) < 4.78 is 0. The van der Waals surface area contributed by atoms with Crippen LogP contribution in [0.3, 0.4) is 0 Å². The first-order valence-electron chi connectivity index (χ1n) is 23.5. The van der Waals surface area contributed by atoms with Gasteiger partial charge < -0.3 is 0 Å². The molecule has 0 aromatic heterocycles. The van der Waals surface area contributed by atoms with Gasteiger partial charge >= 0.3 is 0 Å². The molecule has 308 valence electrons. The lowest BCUT2D eigenvalue weighted by atomic mass is 9.68. The highest BCUT2D eigenvalue weighted by molar-refractivity contribution is 6.25. The lowest BCUT2D eigenvalue weighted by Gasteiger charge is -2.33. The van der Waals surface area contributed by atoms with E-state index in [4.69, 9.17) is 0 Å². The molecule has 15 rings (SSSR count). The van der Waals surface area contributed by atoms with Crippen LogP contribution in [0.15, 0.2) is 243 Å². The third kappa shape index (κ3) is 4.81. The first-order valence-corrected chi connectivity index (χ1v) is 23.5. The molecular formula is C67H40. The molecular weight excluding hydrogens is 805 g/mol. The molecule has 2 aliphatic carbocycles. The smallest absolute Gasteiger partial charge is 0.0619 e. The second-order valence-corrected chi connectivity index (χ2v) is 18.5. The van der Waals surface area contributed by atoms with E-state index in [1.807, 2.05) is 0 Å². The monoisotopic (exact) mass is 844 g/mol. The van der Waals surface area contributed by atoms with Crippen molar-refractivity contribution in [3.63, 3.8) is 0 Å². The molecule has 0 atom stereocenters. The molecule has 0 nitrogen and oxygen atoms in total. The molecule has 0 heterocycles. The summed E-state index contributed by atoms with van der Waals surface area (Å²) >= 11 is 0. The van der Waals surface area contributed by atoms with Gasteiger partial charge in [0.25, 0.3) is 0 Å².